The summed E-state index contributed by atoms with van der Waals surface area (Å²) in [6.45, 7) is 4.11. The van der Waals surface area contributed by atoms with Gasteiger partial charge in [0.2, 0.25) is 10.0 Å². The van der Waals surface area contributed by atoms with Crippen molar-refractivity contribution in [3.05, 3.63) is 65.7 Å². The van der Waals surface area contributed by atoms with Gasteiger partial charge >= 0.3 is 5.97 Å². The molecule has 2 aromatic rings. The summed E-state index contributed by atoms with van der Waals surface area (Å²) in [5.74, 6) is -0.721. The molecule has 24 heavy (non-hydrogen) atoms. The fraction of sp³-hybridized carbons (Fsp3) is 0.278. The third kappa shape index (κ3) is 4.66. The highest BCUT2D eigenvalue weighted by Crippen LogP contribution is 2.23. The van der Waals surface area contributed by atoms with Crippen LogP contribution >= 0.6 is 0 Å². The van der Waals surface area contributed by atoms with Crippen LogP contribution in [0.4, 0.5) is 0 Å². The highest BCUT2D eigenvalue weighted by molar-refractivity contribution is 7.89. The standard InChI is InChI=1S/C18H21NO4S/c1-13(2)14-8-10-15(11-9-14)17(12-18(20)21)19-24(22,23)16-6-4-3-5-7-16/h3-11,13,17,19H,12H2,1-2H3,(H,20,21)/t17-/m1/s1. The first-order chi connectivity index (χ1) is 11.3. The molecule has 0 bridgehead atoms. The van der Waals surface area contributed by atoms with E-state index in [1.165, 1.54) is 12.1 Å². The summed E-state index contributed by atoms with van der Waals surface area (Å²) in [6.07, 6.45) is -0.326. The predicted molar refractivity (Wildman–Crippen MR) is 92.3 cm³/mol. The van der Waals surface area contributed by atoms with Gasteiger partial charge in [0.15, 0.2) is 0 Å². The second-order valence-corrected chi connectivity index (χ2v) is 7.62. The highest BCUT2D eigenvalue weighted by atomic mass is 32.2. The van der Waals surface area contributed by atoms with E-state index in [1.54, 1.807) is 30.3 Å². The molecular formula is C18H21NO4S. The molecule has 0 unspecified atom stereocenters. The van der Waals surface area contributed by atoms with Crippen LogP contribution in [0.2, 0.25) is 0 Å². The first-order valence-electron chi connectivity index (χ1n) is 7.68. The van der Waals surface area contributed by atoms with Gasteiger partial charge < -0.3 is 5.11 Å². The number of hydrogen-bond acceptors (Lipinski definition) is 3. The minimum Gasteiger partial charge on any atom is -0.481 e. The largest absolute Gasteiger partial charge is 0.481 e. The SMILES string of the molecule is CC(C)c1ccc([C@@H](CC(=O)O)NS(=O)(=O)c2ccccc2)cc1. The summed E-state index contributed by atoms with van der Waals surface area (Å²) in [4.78, 5) is 11.3. The lowest BCUT2D eigenvalue weighted by Crippen LogP contribution is -2.30. The molecule has 2 rings (SSSR count). The van der Waals surface area contributed by atoms with E-state index in [1.807, 2.05) is 12.1 Å². The van der Waals surface area contributed by atoms with Crippen molar-refractivity contribution < 1.29 is 18.3 Å². The number of benzene rings is 2. The molecule has 0 saturated carbocycles. The van der Waals surface area contributed by atoms with E-state index < -0.39 is 22.0 Å². The molecule has 0 aromatic heterocycles. The Morgan fingerprint density at radius 3 is 2.04 bits per heavy atom. The predicted octanol–water partition coefficient (Wildman–Crippen LogP) is 3.30. The Labute approximate surface area is 142 Å². The average molecular weight is 347 g/mol. The highest BCUT2D eigenvalue weighted by Gasteiger charge is 2.23. The van der Waals surface area contributed by atoms with Crippen LogP contribution < -0.4 is 4.72 Å². The Morgan fingerprint density at radius 1 is 1.00 bits per heavy atom. The summed E-state index contributed by atoms with van der Waals surface area (Å²) in [5, 5.41) is 9.12. The summed E-state index contributed by atoms with van der Waals surface area (Å²) < 4.78 is 27.4. The Hall–Kier alpha value is -2.18. The van der Waals surface area contributed by atoms with Crippen molar-refractivity contribution in [3.8, 4) is 0 Å². The van der Waals surface area contributed by atoms with Crippen molar-refractivity contribution in [2.45, 2.75) is 37.1 Å². The van der Waals surface area contributed by atoms with Crippen LogP contribution in [0.3, 0.4) is 0 Å². The first-order valence-corrected chi connectivity index (χ1v) is 9.17. The Kier molecular flexibility index (Phi) is 5.75. The Bertz CT molecular complexity index is 784. The zero-order valence-corrected chi connectivity index (χ0v) is 14.5. The van der Waals surface area contributed by atoms with Crippen LogP contribution in [-0.4, -0.2) is 19.5 Å². The van der Waals surface area contributed by atoms with Crippen LogP contribution in [0, 0.1) is 0 Å². The van der Waals surface area contributed by atoms with E-state index in [-0.39, 0.29) is 11.3 Å². The molecule has 0 aliphatic carbocycles. The summed E-state index contributed by atoms with van der Waals surface area (Å²) in [5.41, 5.74) is 1.74. The van der Waals surface area contributed by atoms with Crippen LogP contribution in [0.5, 0.6) is 0 Å². The number of carboxylic acids is 1. The quantitative estimate of drug-likeness (QED) is 0.805. The van der Waals surface area contributed by atoms with Gasteiger partial charge in [-0.3, -0.25) is 4.79 Å². The molecule has 2 N–H and O–H groups in total. The molecular weight excluding hydrogens is 326 g/mol. The minimum atomic E-state index is -3.79. The van der Waals surface area contributed by atoms with Crippen molar-refractivity contribution in [2.24, 2.45) is 0 Å². The van der Waals surface area contributed by atoms with Gasteiger partial charge in [-0.1, -0.05) is 56.3 Å². The van der Waals surface area contributed by atoms with E-state index in [2.05, 4.69) is 18.6 Å². The van der Waals surface area contributed by atoms with Gasteiger partial charge in [-0.2, -0.15) is 0 Å². The van der Waals surface area contributed by atoms with Gasteiger partial charge in [0, 0.05) is 0 Å². The zero-order chi connectivity index (χ0) is 17.7. The molecule has 1 atom stereocenters. The second kappa shape index (κ2) is 7.59. The molecule has 0 aliphatic rings. The van der Waals surface area contributed by atoms with Crippen molar-refractivity contribution in [3.63, 3.8) is 0 Å². The summed E-state index contributed by atoms with van der Waals surface area (Å²) in [6, 6.07) is 14.4. The lowest BCUT2D eigenvalue weighted by Gasteiger charge is -2.18. The molecule has 0 radical (unpaired) electrons. The maximum Gasteiger partial charge on any atom is 0.305 e. The summed E-state index contributed by atoms with van der Waals surface area (Å²) >= 11 is 0. The smallest absolute Gasteiger partial charge is 0.305 e. The lowest BCUT2D eigenvalue weighted by atomic mass is 9.98. The van der Waals surface area contributed by atoms with E-state index in [9.17, 15) is 13.2 Å². The van der Waals surface area contributed by atoms with E-state index in [0.717, 1.165) is 5.56 Å². The third-order valence-electron chi connectivity index (χ3n) is 3.74. The molecule has 128 valence electrons. The number of sulfonamides is 1. The number of hydrogen-bond donors (Lipinski definition) is 2. The van der Waals surface area contributed by atoms with E-state index in [4.69, 9.17) is 5.11 Å². The Balaban J connectivity index is 2.30. The monoisotopic (exact) mass is 347 g/mol. The number of carbonyl (C=O) groups is 1. The molecule has 0 heterocycles. The third-order valence-corrected chi connectivity index (χ3v) is 5.22. The van der Waals surface area contributed by atoms with Crippen molar-refractivity contribution in [1.82, 2.24) is 4.72 Å². The average Bonchev–Trinajstić information content (AvgIpc) is 2.54. The molecule has 0 aliphatic heterocycles. The minimum absolute atomic E-state index is 0.110. The molecule has 6 heteroatoms. The fourth-order valence-corrected chi connectivity index (χ4v) is 3.62. The van der Waals surface area contributed by atoms with Crippen LogP contribution in [0.25, 0.3) is 0 Å². The van der Waals surface area contributed by atoms with Gasteiger partial charge in [0.1, 0.15) is 0 Å². The molecule has 0 fully saturated rings. The number of nitrogens with one attached hydrogen (secondary N) is 1. The molecule has 0 spiro atoms. The van der Waals surface area contributed by atoms with Gasteiger partial charge in [-0.05, 0) is 29.2 Å². The first kappa shape index (κ1) is 18.2. The summed E-state index contributed by atoms with van der Waals surface area (Å²) in [7, 11) is -3.79. The Morgan fingerprint density at radius 2 is 1.54 bits per heavy atom. The van der Waals surface area contributed by atoms with E-state index >= 15 is 0 Å². The topological polar surface area (TPSA) is 83.5 Å². The van der Waals surface area contributed by atoms with Gasteiger partial charge in [-0.15, -0.1) is 0 Å². The van der Waals surface area contributed by atoms with Crippen molar-refractivity contribution in [2.75, 3.05) is 0 Å². The van der Waals surface area contributed by atoms with Crippen LogP contribution in [0.1, 0.15) is 43.4 Å². The molecule has 5 nitrogen and oxygen atoms in total. The maximum absolute atomic E-state index is 12.5. The number of carboxylic acid groups (broad SMARTS) is 1. The van der Waals surface area contributed by atoms with Gasteiger partial charge in [0.05, 0.1) is 17.4 Å². The molecule has 2 aromatic carbocycles. The molecule has 0 amide bonds. The van der Waals surface area contributed by atoms with E-state index in [0.29, 0.717) is 11.5 Å². The fourth-order valence-electron chi connectivity index (χ4n) is 2.37. The van der Waals surface area contributed by atoms with Crippen molar-refractivity contribution >= 4 is 16.0 Å². The van der Waals surface area contributed by atoms with Crippen molar-refractivity contribution in [1.29, 1.82) is 0 Å². The number of aliphatic carboxylic acids is 1. The maximum atomic E-state index is 12.5. The number of rotatable bonds is 7. The van der Waals surface area contributed by atoms with Gasteiger partial charge in [-0.25, -0.2) is 13.1 Å². The zero-order valence-electron chi connectivity index (χ0n) is 13.6. The molecule has 0 saturated heterocycles. The second-order valence-electron chi connectivity index (χ2n) is 5.91. The van der Waals surface area contributed by atoms with Gasteiger partial charge in [0.25, 0.3) is 0 Å². The van der Waals surface area contributed by atoms with Crippen LogP contribution in [0.15, 0.2) is 59.5 Å². The lowest BCUT2D eigenvalue weighted by molar-refractivity contribution is -0.137. The normalized spacial score (nSPS) is 13.0. The van der Waals surface area contributed by atoms with Crippen LogP contribution in [-0.2, 0) is 14.8 Å².